The van der Waals surface area contributed by atoms with E-state index in [-0.39, 0.29) is 10.6 Å². The Kier molecular flexibility index (Phi) is 8.38. The summed E-state index contributed by atoms with van der Waals surface area (Å²) in [6.07, 6.45) is 0.711. The minimum absolute atomic E-state index is 0.121. The molecular weight excluding hydrogens is 504 g/mol. The molecule has 0 bridgehead atoms. The van der Waals surface area contributed by atoms with Crippen LogP contribution in [0, 0.1) is 6.92 Å². The van der Waals surface area contributed by atoms with Crippen LogP contribution in [0.5, 0.6) is 11.5 Å². The molecule has 0 aliphatic carbocycles. The number of hydrogen-bond donors (Lipinski definition) is 1. The third kappa shape index (κ3) is 5.68. The molecule has 0 aromatic heterocycles. The van der Waals surface area contributed by atoms with E-state index in [9.17, 15) is 14.4 Å². The molecule has 3 aromatic carbocycles. The lowest BCUT2D eigenvalue weighted by Crippen LogP contribution is -2.32. The summed E-state index contributed by atoms with van der Waals surface area (Å²) in [4.78, 5) is 41.7. The molecule has 38 heavy (non-hydrogen) atoms. The minimum Gasteiger partial charge on any atom is -0.497 e. The first-order valence-electron chi connectivity index (χ1n) is 12.0. The second kappa shape index (κ2) is 11.9. The highest BCUT2D eigenvalue weighted by molar-refractivity contribution is 8.04. The van der Waals surface area contributed by atoms with Crippen LogP contribution in [0.4, 0.5) is 11.4 Å². The minimum atomic E-state index is -0.524. The van der Waals surface area contributed by atoms with Crippen molar-refractivity contribution in [1.29, 1.82) is 0 Å². The SMILES string of the molecule is CCCOC(=O)c1ccc(N2C(=O)C(Nc3ccc(OC)cc3OC)=C(Sc3ccc(C)cc3)C2=O)cc1. The Bertz CT molecular complexity index is 1380. The molecule has 1 N–H and O–H groups in total. The van der Waals surface area contributed by atoms with Crippen molar-refractivity contribution in [1.82, 2.24) is 0 Å². The number of methoxy groups -OCH3 is 2. The summed E-state index contributed by atoms with van der Waals surface area (Å²) in [7, 11) is 3.06. The summed E-state index contributed by atoms with van der Waals surface area (Å²) in [6, 6.07) is 19.0. The van der Waals surface area contributed by atoms with Gasteiger partial charge in [-0.05, 0) is 61.9 Å². The van der Waals surface area contributed by atoms with Crippen LogP contribution in [0.3, 0.4) is 0 Å². The average molecular weight is 533 g/mol. The van der Waals surface area contributed by atoms with Crippen LogP contribution in [0.1, 0.15) is 29.3 Å². The molecule has 0 atom stereocenters. The first-order chi connectivity index (χ1) is 18.4. The summed E-state index contributed by atoms with van der Waals surface area (Å²) in [5, 5.41) is 3.12. The number of esters is 1. The molecule has 1 heterocycles. The van der Waals surface area contributed by atoms with Gasteiger partial charge in [-0.3, -0.25) is 9.59 Å². The van der Waals surface area contributed by atoms with Gasteiger partial charge in [0.25, 0.3) is 11.8 Å². The van der Waals surface area contributed by atoms with Gasteiger partial charge < -0.3 is 19.5 Å². The Morgan fingerprint density at radius 1 is 0.921 bits per heavy atom. The van der Waals surface area contributed by atoms with E-state index in [1.54, 1.807) is 49.6 Å². The second-order valence-electron chi connectivity index (χ2n) is 8.44. The van der Waals surface area contributed by atoms with Crippen LogP contribution in [0.2, 0.25) is 0 Å². The molecule has 1 aliphatic rings. The van der Waals surface area contributed by atoms with Crippen LogP contribution in [0.15, 0.2) is 82.2 Å². The average Bonchev–Trinajstić information content (AvgIpc) is 3.16. The van der Waals surface area contributed by atoms with E-state index < -0.39 is 17.8 Å². The number of carbonyl (C=O) groups is 3. The molecule has 0 saturated carbocycles. The zero-order valence-corrected chi connectivity index (χ0v) is 22.4. The fourth-order valence-electron chi connectivity index (χ4n) is 3.73. The van der Waals surface area contributed by atoms with Gasteiger partial charge in [0.15, 0.2) is 0 Å². The number of amides is 2. The van der Waals surface area contributed by atoms with Crippen molar-refractivity contribution in [2.24, 2.45) is 0 Å². The Hall–Kier alpha value is -4.24. The number of benzene rings is 3. The highest BCUT2D eigenvalue weighted by Gasteiger charge is 2.40. The molecule has 3 aromatic rings. The summed E-state index contributed by atoms with van der Waals surface area (Å²) in [6.45, 7) is 4.20. The van der Waals surface area contributed by atoms with Gasteiger partial charge in [-0.2, -0.15) is 0 Å². The largest absolute Gasteiger partial charge is 0.497 e. The molecule has 0 spiro atoms. The standard InChI is InChI=1S/C29H28N2O6S/c1-5-16-37-29(34)19-8-10-20(11-9-19)31-27(32)25(30-23-15-12-21(35-3)17-24(23)36-4)26(28(31)33)38-22-13-6-18(2)7-14-22/h6-15,17,30H,5,16H2,1-4H3. The smallest absolute Gasteiger partial charge is 0.338 e. The lowest BCUT2D eigenvalue weighted by molar-refractivity contribution is -0.120. The summed E-state index contributed by atoms with van der Waals surface area (Å²) in [5.41, 5.74) is 2.38. The third-order valence-corrected chi connectivity index (χ3v) is 6.84. The van der Waals surface area contributed by atoms with Gasteiger partial charge in [0.1, 0.15) is 22.1 Å². The lowest BCUT2D eigenvalue weighted by Gasteiger charge is -2.16. The predicted octanol–water partition coefficient (Wildman–Crippen LogP) is 5.57. The van der Waals surface area contributed by atoms with E-state index in [4.69, 9.17) is 14.2 Å². The Labute approximate surface area is 225 Å². The van der Waals surface area contributed by atoms with Crippen LogP contribution in [-0.4, -0.2) is 38.6 Å². The third-order valence-electron chi connectivity index (χ3n) is 5.75. The number of anilines is 2. The van der Waals surface area contributed by atoms with E-state index in [1.807, 2.05) is 38.1 Å². The van der Waals surface area contributed by atoms with Crippen molar-refractivity contribution in [2.45, 2.75) is 25.2 Å². The molecule has 196 valence electrons. The quantitative estimate of drug-likeness (QED) is 0.268. The maximum absolute atomic E-state index is 13.7. The predicted molar refractivity (Wildman–Crippen MR) is 147 cm³/mol. The van der Waals surface area contributed by atoms with Gasteiger partial charge in [-0.25, -0.2) is 9.69 Å². The molecule has 0 unspecified atom stereocenters. The lowest BCUT2D eigenvalue weighted by atomic mass is 10.2. The normalized spacial score (nSPS) is 13.1. The van der Waals surface area contributed by atoms with Crippen LogP contribution < -0.4 is 19.7 Å². The number of thioether (sulfide) groups is 1. The molecule has 1 aliphatic heterocycles. The molecule has 0 radical (unpaired) electrons. The monoisotopic (exact) mass is 532 g/mol. The van der Waals surface area contributed by atoms with Crippen molar-refractivity contribution in [3.05, 3.63) is 88.5 Å². The summed E-state index contributed by atoms with van der Waals surface area (Å²) < 4.78 is 15.9. The van der Waals surface area contributed by atoms with Crippen molar-refractivity contribution >= 4 is 40.9 Å². The Balaban J connectivity index is 1.69. The van der Waals surface area contributed by atoms with Gasteiger partial charge in [-0.15, -0.1) is 0 Å². The van der Waals surface area contributed by atoms with Crippen molar-refractivity contribution in [3.8, 4) is 11.5 Å². The van der Waals surface area contributed by atoms with E-state index in [2.05, 4.69) is 5.32 Å². The molecule has 8 nitrogen and oxygen atoms in total. The van der Waals surface area contributed by atoms with Gasteiger partial charge in [0.2, 0.25) is 0 Å². The first kappa shape index (κ1) is 26.8. The molecule has 0 fully saturated rings. The number of aryl methyl sites for hydroxylation is 1. The maximum atomic E-state index is 13.7. The van der Waals surface area contributed by atoms with Gasteiger partial charge in [0, 0.05) is 11.0 Å². The van der Waals surface area contributed by atoms with Crippen molar-refractivity contribution in [3.63, 3.8) is 0 Å². The number of imide groups is 1. The van der Waals surface area contributed by atoms with Crippen LogP contribution in [0.25, 0.3) is 0 Å². The van der Waals surface area contributed by atoms with E-state index in [1.165, 1.54) is 18.9 Å². The van der Waals surface area contributed by atoms with Crippen molar-refractivity contribution < 1.29 is 28.6 Å². The fourth-order valence-corrected chi connectivity index (χ4v) is 4.66. The highest BCUT2D eigenvalue weighted by Crippen LogP contribution is 2.39. The molecule has 0 saturated heterocycles. The number of rotatable bonds is 10. The van der Waals surface area contributed by atoms with Gasteiger partial charge >= 0.3 is 5.97 Å². The van der Waals surface area contributed by atoms with Gasteiger partial charge in [0.05, 0.1) is 37.8 Å². The van der Waals surface area contributed by atoms with Crippen LogP contribution in [-0.2, 0) is 14.3 Å². The fraction of sp³-hybridized carbons (Fsp3) is 0.207. The van der Waals surface area contributed by atoms with E-state index in [0.717, 1.165) is 15.4 Å². The Morgan fingerprint density at radius 3 is 2.26 bits per heavy atom. The number of nitrogens with one attached hydrogen (secondary N) is 1. The number of ether oxygens (including phenoxy) is 3. The number of nitrogens with zero attached hydrogens (tertiary/aromatic N) is 1. The second-order valence-corrected chi connectivity index (χ2v) is 9.52. The van der Waals surface area contributed by atoms with Crippen molar-refractivity contribution in [2.75, 3.05) is 31.0 Å². The number of carbonyl (C=O) groups excluding carboxylic acids is 3. The summed E-state index contributed by atoms with van der Waals surface area (Å²) >= 11 is 1.20. The summed E-state index contributed by atoms with van der Waals surface area (Å²) in [5.74, 6) is -0.422. The molecule has 4 rings (SSSR count). The van der Waals surface area contributed by atoms with E-state index in [0.29, 0.717) is 41.5 Å². The zero-order valence-electron chi connectivity index (χ0n) is 21.6. The molecule has 2 amide bonds. The topological polar surface area (TPSA) is 94.2 Å². The Morgan fingerprint density at radius 2 is 1.63 bits per heavy atom. The van der Waals surface area contributed by atoms with Crippen LogP contribution >= 0.6 is 11.8 Å². The molecule has 9 heteroatoms. The van der Waals surface area contributed by atoms with E-state index >= 15 is 0 Å². The number of hydrogen-bond acceptors (Lipinski definition) is 8. The van der Waals surface area contributed by atoms with Gasteiger partial charge in [-0.1, -0.05) is 36.4 Å². The zero-order chi connectivity index (χ0) is 27.2. The maximum Gasteiger partial charge on any atom is 0.338 e. The molecular formula is C29H28N2O6S. The first-order valence-corrected chi connectivity index (χ1v) is 12.8. The highest BCUT2D eigenvalue weighted by atomic mass is 32.2.